The number of carbonyl (C=O) groups is 7. The smallest absolute Gasteiger partial charge is 0.308 e. The van der Waals surface area contributed by atoms with Crippen LogP contribution >= 0.6 is 0 Å². The first kappa shape index (κ1) is 39.7. The number of Topliss-reactive ketones (excluding diaryl/α,β-unsaturated/α-hetero) is 1. The minimum Gasteiger partial charge on any atom is -0.462 e. The van der Waals surface area contributed by atoms with E-state index in [1.165, 1.54) is 37.3 Å². The molecule has 0 saturated carbocycles. The molecule has 1 saturated heterocycles. The van der Waals surface area contributed by atoms with E-state index in [4.69, 9.17) is 42.3 Å². The fourth-order valence-corrected chi connectivity index (χ4v) is 5.53. The van der Waals surface area contributed by atoms with Gasteiger partial charge in [0.25, 0.3) is 0 Å². The summed E-state index contributed by atoms with van der Waals surface area (Å²) in [5, 5.41) is 0.0314. The Morgan fingerprint density at radius 2 is 1.36 bits per heavy atom. The summed E-state index contributed by atoms with van der Waals surface area (Å²) in [5.41, 5.74) is -0.191. The van der Waals surface area contributed by atoms with Crippen molar-refractivity contribution in [3.8, 4) is 28.6 Å². The molecule has 0 amide bonds. The highest BCUT2D eigenvalue weighted by Crippen LogP contribution is 2.37. The third-order valence-corrected chi connectivity index (χ3v) is 7.26. The number of ketones is 1. The standard InChI is InChI=1S/C36H36O17/c1-16(37)10-24-11-25(13-30-32(24)26(44)14-28(52-30)23-8-9-27(46-18(3)39)29(12-23)47-19(4)40)51-36-35(50-22(7)43)34(49-21(6)42)33(53-36)31(48-20(5)41)15-45-17(2)38/h8-9,11-14,31,33-36H,10,15H2,1-7H3/t31-,33+,34-,35+,36+/m1/s1. The number of fused-ring (bicyclic) bond motifs is 1. The number of hydrogen-bond donors (Lipinski definition) is 0. The highest BCUT2D eigenvalue weighted by Gasteiger charge is 2.54. The number of hydrogen-bond acceptors (Lipinski definition) is 17. The van der Waals surface area contributed by atoms with Crippen LogP contribution in [0.2, 0.25) is 0 Å². The lowest BCUT2D eigenvalue weighted by molar-refractivity contribution is -0.180. The van der Waals surface area contributed by atoms with Crippen LogP contribution in [0, 0.1) is 0 Å². The topological polar surface area (TPSA) is 224 Å². The molecule has 17 nitrogen and oxygen atoms in total. The Morgan fingerprint density at radius 1 is 0.717 bits per heavy atom. The molecule has 4 rings (SSSR count). The normalized spacial score (nSPS) is 18.3. The van der Waals surface area contributed by atoms with Crippen LogP contribution in [0.3, 0.4) is 0 Å². The van der Waals surface area contributed by atoms with E-state index in [2.05, 4.69) is 0 Å². The van der Waals surface area contributed by atoms with E-state index in [1.807, 2.05) is 0 Å². The molecule has 1 fully saturated rings. The second-order valence-corrected chi connectivity index (χ2v) is 11.8. The Bertz CT molecular complexity index is 2010. The van der Waals surface area contributed by atoms with Gasteiger partial charge >= 0.3 is 35.8 Å². The molecule has 17 heteroatoms. The Labute approximate surface area is 301 Å². The van der Waals surface area contributed by atoms with Crippen molar-refractivity contribution in [2.75, 3.05) is 6.61 Å². The molecule has 0 bridgehead atoms. The number of ether oxygens (including phenoxy) is 8. The van der Waals surface area contributed by atoms with Gasteiger partial charge in [-0.2, -0.15) is 0 Å². The maximum atomic E-state index is 13.6. The fraction of sp³-hybridized carbons (Fsp3) is 0.389. The van der Waals surface area contributed by atoms with Gasteiger partial charge in [-0.05, 0) is 36.8 Å². The zero-order valence-corrected chi connectivity index (χ0v) is 29.7. The second kappa shape index (κ2) is 16.9. The van der Waals surface area contributed by atoms with Gasteiger partial charge in [-0.15, -0.1) is 0 Å². The molecule has 5 atom stereocenters. The number of esters is 6. The summed E-state index contributed by atoms with van der Waals surface area (Å²) >= 11 is 0. The molecule has 1 aliphatic heterocycles. The monoisotopic (exact) mass is 740 g/mol. The molecule has 2 heterocycles. The zero-order chi connectivity index (χ0) is 39.1. The molecule has 0 spiro atoms. The van der Waals surface area contributed by atoms with Gasteiger partial charge in [0.2, 0.25) is 12.4 Å². The minimum absolute atomic E-state index is 0.0178. The summed E-state index contributed by atoms with van der Waals surface area (Å²) < 4.78 is 49.9. The van der Waals surface area contributed by atoms with E-state index in [1.54, 1.807) is 0 Å². The maximum absolute atomic E-state index is 13.6. The molecule has 0 radical (unpaired) electrons. The first-order valence-corrected chi connectivity index (χ1v) is 16.0. The highest BCUT2D eigenvalue weighted by atomic mass is 16.7. The van der Waals surface area contributed by atoms with Gasteiger partial charge in [-0.1, -0.05) is 0 Å². The van der Waals surface area contributed by atoms with E-state index >= 15 is 0 Å². The molecule has 3 aromatic rings. The van der Waals surface area contributed by atoms with E-state index in [-0.39, 0.29) is 57.3 Å². The lowest BCUT2D eigenvalue weighted by Crippen LogP contribution is -2.47. The number of rotatable bonds is 13. The maximum Gasteiger partial charge on any atom is 0.308 e. The predicted octanol–water partition coefficient (Wildman–Crippen LogP) is 2.90. The Morgan fingerprint density at radius 3 is 1.94 bits per heavy atom. The second-order valence-electron chi connectivity index (χ2n) is 11.8. The lowest BCUT2D eigenvalue weighted by atomic mass is 10.0. The quantitative estimate of drug-likeness (QED) is 0.140. The highest BCUT2D eigenvalue weighted by molar-refractivity contribution is 5.89. The van der Waals surface area contributed by atoms with Crippen LogP contribution in [0.1, 0.15) is 54.0 Å². The Balaban J connectivity index is 1.83. The van der Waals surface area contributed by atoms with Crippen molar-refractivity contribution in [3.05, 3.63) is 52.2 Å². The summed E-state index contributed by atoms with van der Waals surface area (Å²) in [6.07, 6.45) is -7.47. The van der Waals surface area contributed by atoms with Gasteiger partial charge in [0.1, 0.15) is 35.6 Å². The van der Waals surface area contributed by atoms with Crippen LogP contribution in [0.15, 0.2) is 45.6 Å². The first-order chi connectivity index (χ1) is 24.9. The zero-order valence-electron chi connectivity index (χ0n) is 29.7. The molecule has 282 valence electrons. The third kappa shape index (κ3) is 10.5. The predicted molar refractivity (Wildman–Crippen MR) is 178 cm³/mol. The average molecular weight is 741 g/mol. The van der Waals surface area contributed by atoms with Gasteiger partial charge in [0.05, 0.1) is 5.39 Å². The van der Waals surface area contributed by atoms with Crippen LogP contribution in [0.25, 0.3) is 22.3 Å². The average Bonchev–Trinajstić information content (AvgIpc) is 3.33. The van der Waals surface area contributed by atoms with Crippen LogP contribution in [-0.4, -0.2) is 78.9 Å². The van der Waals surface area contributed by atoms with Crippen molar-refractivity contribution in [1.29, 1.82) is 0 Å². The van der Waals surface area contributed by atoms with Crippen molar-refractivity contribution < 1.29 is 75.9 Å². The van der Waals surface area contributed by atoms with Crippen molar-refractivity contribution in [2.24, 2.45) is 0 Å². The third-order valence-electron chi connectivity index (χ3n) is 7.26. The summed E-state index contributed by atoms with van der Waals surface area (Å²) in [4.78, 5) is 97.3. The van der Waals surface area contributed by atoms with E-state index in [0.29, 0.717) is 0 Å². The minimum atomic E-state index is -1.57. The van der Waals surface area contributed by atoms with E-state index in [0.717, 1.165) is 47.6 Å². The first-order valence-electron chi connectivity index (χ1n) is 16.0. The molecule has 1 aliphatic rings. The van der Waals surface area contributed by atoms with Gasteiger partial charge in [-0.25, -0.2) is 0 Å². The van der Waals surface area contributed by atoms with Crippen LogP contribution in [0.4, 0.5) is 0 Å². The molecule has 1 aromatic heterocycles. The lowest BCUT2D eigenvalue weighted by Gasteiger charge is -2.27. The van der Waals surface area contributed by atoms with Gasteiger partial charge in [0.15, 0.2) is 29.1 Å². The molecule has 0 N–H and O–H groups in total. The molecule has 2 aromatic carbocycles. The Hall–Kier alpha value is -6.10. The fourth-order valence-electron chi connectivity index (χ4n) is 5.53. The van der Waals surface area contributed by atoms with Crippen LogP contribution in [-0.2, 0) is 63.7 Å². The molecule has 53 heavy (non-hydrogen) atoms. The van der Waals surface area contributed by atoms with Gasteiger partial charge in [-0.3, -0.25) is 38.4 Å². The number of carbonyl (C=O) groups excluding carboxylic acids is 7. The van der Waals surface area contributed by atoms with Crippen LogP contribution < -0.4 is 19.6 Å². The van der Waals surface area contributed by atoms with E-state index < -0.39 is 78.6 Å². The molecule has 0 unspecified atom stereocenters. The molecular weight excluding hydrogens is 704 g/mol. The summed E-state index contributed by atoms with van der Waals surface area (Å²) in [7, 11) is 0. The largest absolute Gasteiger partial charge is 0.462 e. The Kier molecular flexibility index (Phi) is 12.7. The summed E-state index contributed by atoms with van der Waals surface area (Å²) in [6, 6.07) is 7.95. The van der Waals surface area contributed by atoms with E-state index in [9.17, 15) is 38.4 Å². The number of benzene rings is 2. The van der Waals surface area contributed by atoms with Crippen molar-refractivity contribution in [2.45, 2.75) is 85.6 Å². The SMILES string of the molecule is CC(=O)Cc1cc(O[C@H]2O[C@@H]([C@@H](COC(C)=O)OC(C)=O)[C@@H](OC(C)=O)[C@@H]2OC(C)=O)cc2oc(-c3ccc(OC(C)=O)c(OC(C)=O)c3)cc(=O)c12. The van der Waals surface area contributed by atoms with Crippen LogP contribution in [0.5, 0.6) is 17.2 Å². The van der Waals surface area contributed by atoms with Gasteiger partial charge < -0.3 is 42.3 Å². The summed E-state index contributed by atoms with van der Waals surface area (Å²) in [6.45, 7) is 7.47. The molecule has 0 aliphatic carbocycles. The van der Waals surface area contributed by atoms with Crippen molar-refractivity contribution in [3.63, 3.8) is 0 Å². The van der Waals surface area contributed by atoms with Gasteiger partial charge in [0, 0.05) is 65.7 Å². The molecular formula is C36H36O17. The van der Waals surface area contributed by atoms with Crippen molar-refractivity contribution >= 4 is 52.6 Å². The summed E-state index contributed by atoms with van der Waals surface area (Å²) in [5.74, 6) is -5.14. The van der Waals surface area contributed by atoms with Crippen molar-refractivity contribution in [1.82, 2.24) is 0 Å².